The number of allylic oxidation sites excluding steroid dienone is 6. The molecule has 0 bridgehead atoms. The number of hydrogen-bond donors (Lipinski definition) is 1. The van der Waals surface area contributed by atoms with Crippen LogP contribution in [0.1, 0.15) is 38.7 Å². The molecule has 0 saturated carbocycles. The predicted octanol–water partition coefficient (Wildman–Crippen LogP) is 8.04. The number of halogens is 1. The Hall–Kier alpha value is -3.97. The van der Waals surface area contributed by atoms with E-state index >= 15 is 0 Å². The van der Waals surface area contributed by atoms with Crippen LogP contribution in [0.25, 0.3) is 38.5 Å². The van der Waals surface area contributed by atoms with Gasteiger partial charge in [0.2, 0.25) is 11.4 Å². The highest BCUT2D eigenvalue weighted by atomic mass is 35.5. The first-order valence-corrected chi connectivity index (χ1v) is 16.6. The van der Waals surface area contributed by atoms with E-state index in [0.29, 0.717) is 11.9 Å². The van der Waals surface area contributed by atoms with Crippen LogP contribution in [0.3, 0.4) is 0 Å². The topological polar surface area (TPSA) is 62.3 Å². The average Bonchev–Trinajstić information content (AvgIpc) is 3.49. The molecule has 0 unspecified atom stereocenters. The van der Waals surface area contributed by atoms with Gasteiger partial charge in [-0.25, -0.2) is 0 Å². The van der Waals surface area contributed by atoms with Gasteiger partial charge in [-0.3, -0.25) is 4.55 Å². The molecule has 2 heterocycles. The largest absolute Gasteiger partial charge is 0.341 e. The fourth-order valence-electron chi connectivity index (χ4n) is 6.94. The molecule has 0 fully saturated rings. The molecule has 1 N–H and O–H groups in total. The summed E-state index contributed by atoms with van der Waals surface area (Å²) in [6.07, 6.45) is 11.4. The van der Waals surface area contributed by atoms with E-state index in [0.717, 1.165) is 64.3 Å². The van der Waals surface area contributed by atoms with E-state index in [2.05, 4.69) is 83.7 Å². The predicted molar refractivity (Wildman–Crippen MR) is 177 cm³/mol. The van der Waals surface area contributed by atoms with Crippen molar-refractivity contribution in [3.8, 4) is 0 Å². The van der Waals surface area contributed by atoms with Crippen molar-refractivity contribution in [3.05, 3.63) is 112 Å². The van der Waals surface area contributed by atoms with Gasteiger partial charge in [-0.2, -0.15) is 13.0 Å². The second kappa shape index (κ2) is 10.6. The molecule has 7 heteroatoms. The van der Waals surface area contributed by atoms with Gasteiger partial charge < -0.3 is 4.57 Å². The number of aryl methyl sites for hydroxylation is 1. The zero-order valence-corrected chi connectivity index (χ0v) is 25.7. The van der Waals surface area contributed by atoms with Crippen LogP contribution in [0.5, 0.6) is 0 Å². The number of rotatable bonds is 6. The van der Waals surface area contributed by atoms with E-state index in [1.54, 1.807) is 12.1 Å². The van der Waals surface area contributed by atoms with Crippen molar-refractivity contribution >= 4 is 71.6 Å². The molecular formula is C36H32ClN2O3S+. The van der Waals surface area contributed by atoms with E-state index in [1.807, 2.05) is 12.1 Å². The first kappa shape index (κ1) is 27.8. The summed E-state index contributed by atoms with van der Waals surface area (Å²) in [6.45, 7) is 5.85. The molecule has 1 aliphatic heterocycles. The van der Waals surface area contributed by atoms with Crippen molar-refractivity contribution in [1.82, 2.24) is 4.57 Å². The molecule has 0 spiro atoms. The Kier molecular flexibility index (Phi) is 6.88. The van der Waals surface area contributed by atoms with Gasteiger partial charge in [0.25, 0.3) is 10.1 Å². The summed E-state index contributed by atoms with van der Waals surface area (Å²) in [5, 5.41) is 7.17. The summed E-state index contributed by atoms with van der Waals surface area (Å²) >= 11 is 7.07. The maximum Gasteiger partial charge on any atom is 0.295 e. The average molecular weight is 608 g/mol. The van der Waals surface area contributed by atoms with Gasteiger partial charge in [-0.15, -0.1) is 0 Å². The number of aromatic nitrogens is 1. The second-order valence-corrected chi connectivity index (χ2v) is 12.9. The first-order valence-electron chi connectivity index (χ1n) is 14.8. The minimum absolute atomic E-state index is 0.0699. The molecule has 0 atom stereocenters. The number of benzene rings is 4. The minimum atomic E-state index is -4.35. The highest BCUT2D eigenvalue weighted by molar-refractivity contribution is 7.86. The van der Waals surface area contributed by atoms with E-state index in [1.165, 1.54) is 33.1 Å². The molecule has 5 aromatic rings. The number of hydrogen-bond acceptors (Lipinski definition) is 2. The highest BCUT2D eigenvalue weighted by Crippen LogP contribution is 2.39. The zero-order valence-electron chi connectivity index (χ0n) is 24.1. The summed E-state index contributed by atoms with van der Waals surface area (Å²) in [5.41, 5.74) is 6.34. The minimum Gasteiger partial charge on any atom is -0.341 e. The lowest BCUT2D eigenvalue weighted by molar-refractivity contribution is -0.430. The molecule has 0 amide bonds. The van der Waals surface area contributed by atoms with Crippen LogP contribution in [-0.2, 0) is 16.7 Å². The summed E-state index contributed by atoms with van der Waals surface area (Å²) in [4.78, 5) is -0.0699. The smallest absolute Gasteiger partial charge is 0.295 e. The van der Waals surface area contributed by atoms with Gasteiger partial charge in [0, 0.05) is 50.7 Å². The Morgan fingerprint density at radius 3 is 2.44 bits per heavy atom. The lowest BCUT2D eigenvalue weighted by Gasteiger charge is -2.16. The van der Waals surface area contributed by atoms with Crippen LogP contribution in [0, 0.1) is 0 Å². The first-order chi connectivity index (χ1) is 20.8. The van der Waals surface area contributed by atoms with Crippen molar-refractivity contribution < 1.29 is 17.5 Å². The lowest BCUT2D eigenvalue weighted by atomic mass is 9.93. The molecule has 7 rings (SSSR count). The Morgan fingerprint density at radius 1 is 0.907 bits per heavy atom. The SMILES string of the molecule is CCn1c(=CC=C2CCCC(C=CC3=[N+](CC)c4ccc(S(=O)(=O)O)c5cccc3c45)=C2Cl)c2cccc3cccc1c32. The van der Waals surface area contributed by atoms with Crippen molar-refractivity contribution in [2.24, 2.45) is 0 Å². The van der Waals surface area contributed by atoms with Crippen LogP contribution >= 0.6 is 11.6 Å². The monoisotopic (exact) mass is 607 g/mol. The van der Waals surface area contributed by atoms with Crippen molar-refractivity contribution in [3.63, 3.8) is 0 Å². The van der Waals surface area contributed by atoms with Crippen LogP contribution in [0.2, 0.25) is 0 Å². The Morgan fingerprint density at radius 2 is 1.67 bits per heavy atom. The highest BCUT2D eigenvalue weighted by Gasteiger charge is 2.32. The zero-order chi connectivity index (χ0) is 29.9. The molecule has 216 valence electrons. The summed E-state index contributed by atoms with van der Waals surface area (Å²) in [7, 11) is -4.35. The Bertz CT molecular complexity index is 2260. The van der Waals surface area contributed by atoms with Gasteiger partial charge in [-0.1, -0.05) is 66.2 Å². The third-order valence-corrected chi connectivity index (χ3v) is 10.2. The molecule has 0 radical (unpaired) electrons. The Labute approximate surface area is 256 Å². The van der Waals surface area contributed by atoms with E-state index in [4.69, 9.17) is 11.6 Å². The third kappa shape index (κ3) is 4.48. The molecule has 2 aliphatic rings. The van der Waals surface area contributed by atoms with E-state index < -0.39 is 10.1 Å². The molecule has 4 aromatic carbocycles. The van der Waals surface area contributed by atoms with Crippen LogP contribution < -0.4 is 5.35 Å². The number of nitrogens with zero attached hydrogens (tertiary/aromatic N) is 2. The summed E-state index contributed by atoms with van der Waals surface area (Å²) < 4.78 is 38.6. The molecule has 0 saturated heterocycles. The van der Waals surface area contributed by atoms with Gasteiger partial charge >= 0.3 is 0 Å². The maximum atomic E-state index is 12.1. The van der Waals surface area contributed by atoms with Crippen LogP contribution in [0.4, 0.5) is 5.69 Å². The van der Waals surface area contributed by atoms with E-state index in [9.17, 15) is 13.0 Å². The fraction of sp³-hybridized carbons (Fsp3) is 0.194. The van der Waals surface area contributed by atoms with Gasteiger partial charge in [0.15, 0.2) is 0 Å². The molecule has 5 nitrogen and oxygen atoms in total. The summed E-state index contributed by atoms with van der Waals surface area (Å²) in [6, 6.07) is 21.9. The van der Waals surface area contributed by atoms with Crippen molar-refractivity contribution in [2.75, 3.05) is 6.54 Å². The standard InChI is InChI=1S/C36H31ClN2O3S/c1-3-38-29(26-13-6-9-23-10-7-16-31(38)34(23)26)19-17-24-11-5-12-25(36(24)37)18-20-30-27-14-8-15-28-33(43(40,41)42)22-21-32(35(27)28)39(30)4-2/h6-10,13-22H,3-5,11-12H2,1-2H3/p+1. The second-order valence-electron chi connectivity index (χ2n) is 11.1. The molecule has 43 heavy (non-hydrogen) atoms. The fourth-order valence-corrected chi connectivity index (χ4v) is 7.95. The quantitative estimate of drug-likeness (QED) is 0.157. The molecule has 1 aliphatic carbocycles. The van der Waals surface area contributed by atoms with Gasteiger partial charge in [0.05, 0.1) is 10.9 Å². The van der Waals surface area contributed by atoms with Crippen molar-refractivity contribution in [1.29, 1.82) is 0 Å². The summed E-state index contributed by atoms with van der Waals surface area (Å²) in [5.74, 6) is 0. The molecular weight excluding hydrogens is 576 g/mol. The maximum absolute atomic E-state index is 12.1. The normalized spacial score (nSPS) is 17.3. The van der Waals surface area contributed by atoms with E-state index in [-0.39, 0.29) is 4.90 Å². The third-order valence-electron chi connectivity index (χ3n) is 8.83. The Balaban J connectivity index is 1.30. The van der Waals surface area contributed by atoms with Gasteiger partial charge in [0.1, 0.15) is 11.4 Å². The van der Waals surface area contributed by atoms with Crippen LogP contribution in [-0.4, -0.2) is 34.4 Å². The van der Waals surface area contributed by atoms with Crippen molar-refractivity contribution in [2.45, 2.75) is 44.6 Å². The molecule has 1 aromatic heterocycles. The lowest BCUT2D eigenvalue weighted by Crippen LogP contribution is -2.15. The van der Waals surface area contributed by atoms with Gasteiger partial charge in [-0.05, 0) is 73.9 Å². The van der Waals surface area contributed by atoms with Crippen LogP contribution in [0.15, 0.2) is 106 Å².